The number of allylic oxidation sites excluding steroid dienone is 2. The smallest absolute Gasteiger partial charge is 0.0512 e. The third-order valence-electron chi connectivity index (χ3n) is 13.1. The maximum absolute atomic E-state index is 7.48. The zero-order chi connectivity index (χ0) is 24.3. The molecule has 3 fully saturated rings. The van der Waals surface area contributed by atoms with Crippen molar-refractivity contribution in [1.82, 2.24) is 4.98 Å². The van der Waals surface area contributed by atoms with Gasteiger partial charge in [-0.3, -0.25) is 4.98 Å². The number of pyridine rings is 1. The summed E-state index contributed by atoms with van der Waals surface area (Å²) in [5.74, 6) is 3.37. The van der Waals surface area contributed by atoms with Gasteiger partial charge in [-0.15, -0.1) is 11.6 Å². The van der Waals surface area contributed by atoms with Crippen LogP contribution in [0, 0.1) is 45.8 Å². The lowest BCUT2D eigenvalue weighted by Gasteiger charge is -2.70. The molecule has 1 aromatic heterocycles. The summed E-state index contributed by atoms with van der Waals surface area (Å²) < 4.78 is 0. The predicted molar refractivity (Wildman–Crippen MR) is 143 cm³/mol. The van der Waals surface area contributed by atoms with Crippen molar-refractivity contribution >= 4 is 11.6 Å². The van der Waals surface area contributed by atoms with Crippen LogP contribution in [0.1, 0.15) is 105 Å². The van der Waals surface area contributed by atoms with Crippen LogP contribution in [-0.4, -0.2) is 9.86 Å². The van der Waals surface area contributed by atoms with E-state index >= 15 is 0 Å². The highest BCUT2D eigenvalue weighted by molar-refractivity contribution is 6.24. The number of rotatable bonds is 0. The highest BCUT2D eigenvalue weighted by Gasteiger charge is 2.67. The van der Waals surface area contributed by atoms with E-state index in [9.17, 15) is 0 Å². The van der Waals surface area contributed by atoms with Crippen LogP contribution in [0.15, 0.2) is 30.0 Å². The molecule has 0 N–H and O–H groups in total. The summed E-state index contributed by atoms with van der Waals surface area (Å²) in [6.07, 6.45) is 15.3. The minimum Gasteiger partial charge on any atom is -0.260 e. The Bertz CT molecular complexity index is 1040. The Balaban J connectivity index is 1.47. The quantitative estimate of drug-likeness (QED) is 0.267. The summed E-state index contributed by atoms with van der Waals surface area (Å²) in [7, 11) is 0. The highest BCUT2D eigenvalue weighted by atomic mass is 35.5. The molecule has 0 aromatic carbocycles. The van der Waals surface area contributed by atoms with Crippen LogP contribution in [0.25, 0.3) is 0 Å². The van der Waals surface area contributed by atoms with E-state index in [4.69, 9.17) is 16.6 Å². The Hall–Kier alpha value is -0.820. The molecule has 0 saturated heterocycles. The summed E-state index contributed by atoms with van der Waals surface area (Å²) >= 11 is 7.48. The fourth-order valence-electron chi connectivity index (χ4n) is 11.0. The van der Waals surface area contributed by atoms with Gasteiger partial charge in [-0.1, -0.05) is 59.3 Å². The van der Waals surface area contributed by atoms with Crippen LogP contribution in [0.4, 0.5) is 0 Å². The molecule has 5 aliphatic carbocycles. The normalized spacial score (nSPS) is 51.2. The molecule has 3 saturated carbocycles. The molecular formula is C32H46ClN. The van der Waals surface area contributed by atoms with E-state index in [-0.39, 0.29) is 15.7 Å². The maximum Gasteiger partial charge on any atom is 0.0512 e. The number of aromatic nitrogens is 1. The van der Waals surface area contributed by atoms with E-state index in [1.54, 1.807) is 5.57 Å². The molecule has 2 heteroatoms. The van der Waals surface area contributed by atoms with Crippen LogP contribution in [-0.2, 0) is 11.8 Å². The van der Waals surface area contributed by atoms with E-state index in [0.29, 0.717) is 28.6 Å². The van der Waals surface area contributed by atoms with E-state index in [2.05, 4.69) is 66.7 Å². The van der Waals surface area contributed by atoms with Crippen molar-refractivity contribution in [3.63, 3.8) is 0 Å². The molecule has 1 nitrogen and oxygen atoms in total. The summed E-state index contributed by atoms with van der Waals surface area (Å²) in [4.78, 5) is 4.84. The standard InChI is InChI=1S/C32H46ClN/c1-20-10-11-21-14-16-30(5)23(26(21)32(20,7)33)12-13-25-29(4)19-22-9-8-18-34-27(22)28(2,3)24(29)15-17-31(25,30)6/h8-9,12,18,20-21,24-26H,10-11,13-17,19H2,1-7H3. The number of halogens is 1. The van der Waals surface area contributed by atoms with Gasteiger partial charge in [-0.05, 0) is 110 Å². The summed E-state index contributed by atoms with van der Waals surface area (Å²) in [5, 5.41) is 0. The zero-order valence-corrected chi connectivity index (χ0v) is 23.4. The highest BCUT2D eigenvalue weighted by Crippen LogP contribution is 2.74. The lowest BCUT2D eigenvalue weighted by atomic mass is 9.34. The van der Waals surface area contributed by atoms with E-state index < -0.39 is 0 Å². The maximum atomic E-state index is 7.48. The minimum absolute atomic E-state index is 0.0990. The first-order valence-corrected chi connectivity index (χ1v) is 14.6. The van der Waals surface area contributed by atoms with Crippen molar-refractivity contribution in [2.24, 2.45) is 45.8 Å². The van der Waals surface area contributed by atoms with Gasteiger partial charge >= 0.3 is 0 Å². The average Bonchev–Trinajstić information content (AvgIpc) is 2.76. The third-order valence-corrected chi connectivity index (χ3v) is 13.7. The minimum atomic E-state index is -0.0990. The molecule has 0 spiro atoms. The second-order valence-corrected chi connectivity index (χ2v) is 15.4. The van der Waals surface area contributed by atoms with Crippen LogP contribution in [0.2, 0.25) is 0 Å². The van der Waals surface area contributed by atoms with Crippen molar-refractivity contribution in [1.29, 1.82) is 0 Å². The zero-order valence-electron chi connectivity index (χ0n) is 22.7. The van der Waals surface area contributed by atoms with Crippen molar-refractivity contribution in [2.75, 3.05) is 0 Å². The molecule has 5 aliphatic rings. The van der Waals surface area contributed by atoms with Gasteiger partial charge < -0.3 is 0 Å². The first-order chi connectivity index (χ1) is 15.9. The molecule has 186 valence electrons. The fourth-order valence-corrected chi connectivity index (χ4v) is 11.4. The van der Waals surface area contributed by atoms with Crippen LogP contribution >= 0.6 is 11.6 Å². The van der Waals surface area contributed by atoms with Crippen LogP contribution < -0.4 is 0 Å². The van der Waals surface area contributed by atoms with Crippen molar-refractivity contribution in [3.8, 4) is 0 Å². The topological polar surface area (TPSA) is 12.9 Å². The first kappa shape index (κ1) is 23.6. The van der Waals surface area contributed by atoms with Crippen molar-refractivity contribution in [3.05, 3.63) is 41.2 Å². The second-order valence-electron chi connectivity index (χ2n) is 14.6. The number of alkyl halides is 1. The van der Waals surface area contributed by atoms with Gasteiger partial charge in [0.25, 0.3) is 0 Å². The summed E-state index contributed by atoms with van der Waals surface area (Å²) in [6.45, 7) is 17.8. The molecule has 9 unspecified atom stereocenters. The molecule has 1 heterocycles. The van der Waals surface area contributed by atoms with Crippen molar-refractivity contribution in [2.45, 2.75) is 110 Å². The Morgan fingerprint density at radius 1 is 0.941 bits per heavy atom. The van der Waals surface area contributed by atoms with Gasteiger partial charge in [0.1, 0.15) is 0 Å². The van der Waals surface area contributed by atoms with E-state index in [1.807, 2.05) is 6.20 Å². The second kappa shape index (κ2) is 7.14. The summed E-state index contributed by atoms with van der Waals surface area (Å²) in [5.41, 5.74) is 5.72. The summed E-state index contributed by atoms with van der Waals surface area (Å²) in [6, 6.07) is 4.53. The van der Waals surface area contributed by atoms with E-state index in [1.165, 1.54) is 62.6 Å². The molecule has 34 heavy (non-hydrogen) atoms. The first-order valence-electron chi connectivity index (χ1n) is 14.2. The molecule has 1 aromatic rings. The van der Waals surface area contributed by atoms with Gasteiger partial charge in [0.05, 0.1) is 4.87 Å². The largest absolute Gasteiger partial charge is 0.260 e. The molecule has 0 bridgehead atoms. The Morgan fingerprint density at radius 2 is 1.71 bits per heavy atom. The van der Waals surface area contributed by atoms with Gasteiger partial charge in [-0.2, -0.15) is 0 Å². The lowest BCUT2D eigenvalue weighted by molar-refractivity contribution is -0.153. The average molecular weight is 480 g/mol. The predicted octanol–water partition coefficient (Wildman–Crippen LogP) is 8.74. The number of nitrogens with zero attached hydrogens (tertiary/aromatic N) is 1. The Morgan fingerprint density at radius 3 is 2.47 bits per heavy atom. The molecule has 0 aliphatic heterocycles. The molecule has 9 atom stereocenters. The number of fused-ring (bicyclic) bond motifs is 8. The van der Waals surface area contributed by atoms with Gasteiger partial charge in [0.2, 0.25) is 0 Å². The van der Waals surface area contributed by atoms with Gasteiger partial charge in [0, 0.05) is 23.2 Å². The van der Waals surface area contributed by atoms with Crippen molar-refractivity contribution < 1.29 is 0 Å². The molecular weight excluding hydrogens is 434 g/mol. The SMILES string of the molecule is CC1CCC2CCC3(C)C(=CCC4C5(C)Cc6cccnc6C(C)(C)C5CCC43C)C2C1(C)Cl. The van der Waals surface area contributed by atoms with Crippen LogP contribution in [0.3, 0.4) is 0 Å². The molecule has 0 radical (unpaired) electrons. The Labute approximate surface area is 213 Å². The monoisotopic (exact) mass is 479 g/mol. The molecule has 0 amide bonds. The van der Waals surface area contributed by atoms with Crippen LogP contribution in [0.5, 0.6) is 0 Å². The Kier molecular flexibility index (Phi) is 4.95. The fraction of sp³-hybridized carbons (Fsp3) is 0.781. The lowest BCUT2D eigenvalue weighted by Crippen LogP contribution is -2.64. The third kappa shape index (κ3) is 2.72. The molecule has 6 rings (SSSR count). The number of hydrogen-bond donors (Lipinski definition) is 0. The number of hydrogen-bond acceptors (Lipinski definition) is 1. The van der Waals surface area contributed by atoms with E-state index in [0.717, 1.165) is 11.8 Å². The van der Waals surface area contributed by atoms with Gasteiger partial charge in [-0.25, -0.2) is 0 Å². The van der Waals surface area contributed by atoms with Gasteiger partial charge in [0.15, 0.2) is 0 Å².